The second-order valence-electron chi connectivity index (χ2n) is 7.13. The minimum Gasteiger partial charge on any atom is -0.468 e. The first-order valence-electron chi connectivity index (χ1n) is 9.95. The zero-order valence-electron chi connectivity index (χ0n) is 18.4. The van der Waals surface area contributed by atoms with E-state index in [4.69, 9.17) is 9.15 Å². The van der Waals surface area contributed by atoms with Gasteiger partial charge in [-0.05, 0) is 43.2 Å². The van der Waals surface area contributed by atoms with Gasteiger partial charge in [-0.3, -0.25) is 4.79 Å². The zero-order valence-corrected chi connectivity index (χ0v) is 20.0. The number of carbonyl (C=O) groups is 2. The number of amides is 1. The van der Waals surface area contributed by atoms with Gasteiger partial charge in [0.2, 0.25) is 15.9 Å². The average molecular weight is 489 g/mol. The summed E-state index contributed by atoms with van der Waals surface area (Å²) in [4.78, 5) is 25.9. The molecule has 3 rings (SSSR count). The lowest BCUT2D eigenvalue weighted by Crippen LogP contribution is -2.36. The average Bonchev–Trinajstić information content (AvgIpc) is 3.40. The Morgan fingerprint density at radius 1 is 1.15 bits per heavy atom. The van der Waals surface area contributed by atoms with E-state index in [9.17, 15) is 18.0 Å². The summed E-state index contributed by atoms with van der Waals surface area (Å²) in [6, 6.07) is 12.2. The van der Waals surface area contributed by atoms with Crippen molar-refractivity contribution in [2.24, 2.45) is 0 Å². The van der Waals surface area contributed by atoms with Crippen LogP contribution in [0, 0.1) is 13.8 Å². The molecule has 1 aromatic carbocycles. The number of anilines is 1. The normalized spacial score (nSPS) is 11.8. The highest BCUT2D eigenvalue weighted by Crippen LogP contribution is 2.33. The summed E-state index contributed by atoms with van der Waals surface area (Å²) in [5.74, 6) is -0.778. The molecule has 0 radical (unpaired) electrons. The van der Waals surface area contributed by atoms with Crippen LogP contribution in [0.25, 0.3) is 6.08 Å². The van der Waals surface area contributed by atoms with Crippen molar-refractivity contribution in [2.45, 2.75) is 20.4 Å². The van der Waals surface area contributed by atoms with Gasteiger partial charge in [0.25, 0.3) is 0 Å². The molecule has 8 nitrogen and oxygen atoms in total. The lowest BCUT2D eigenvalue weighted by Gasteiger charge is -2.19. The van der Waals surface area contributed by atoms with Gasteiger partial charge in [0.05, 0.1) is 32.0 Å². The summed E-state index contributed by atoms with van der Waals surface area (Å²) in [5.41, 5.74) is 1.67. The van der Waals surface area contributed by atoms with Crippen molar-refractivity contribution >= 4 is 44.3 Å². The second-order valence-corrected chi connectivity index (χ2v) is 10.2. The third kappa shape index (κ3) is 6.19. The molecule has 0 aliphatic carbocycles. The Labute approximate surface area is 196 Å². The maximum Gasteiger partial charge on any atom is 0.341 e. The number of esters is 1. The quantitative estimate of drug-likeness (QED) is 0.453. The first kappa shape index (κ1) is 24.4. The van der Waals surface area contributed by atoms with Gasteiger partial charge in [0.15, 0.2) is 0 Å². The highest BCUT2D eigenvalue weighted by atomic mass is 32.2. The van der Waals surface area contributed by atoms with E-state index < -0.39 is 28.4 Å². The molecular weight excluding hydrogens is 464 g/mol. The Morgan fingerprint density at radius 3 is 2.52 bits per heavy atom. The van der Waals surface area contributed by atoms with Crippen LogP contribution in [-0.4, -0.2) is 38.3 Å². The number of sulfonamides is 1. The molecule has 0 fully saturated rings. The molecule has 33 heavy (non-hydrogen) atoms. The Kier molecular flexibility index (Phi) is 7.85. The Bertz CT molecular complexity index is 1250. The van der Waals surface area contributed by atoms with E-state index in [1.807, 2.05) is 13.0 Å². The van der Waals surface area contributed by atoms with E-state index in [0.29, 0.717) is 21.9 Å². The van der Waals surface area contributed by atoms with E-state index in [1.165, 1.54) is 30.8 Å². The van der Waals surface area contributed by atoms with Gasteiger partial charge in [-0.2, -0.15) is 4.31 Å². The molecule has 0 saturated carbocycles. The number of ether oxygens (including phenoxy) is 1. The van der Waals surface area contributed by atoms with E-state index in [-0.39, 0.29) is 12.1 Å². The van der Waals surface area contributed by atoms with Crippen molar-refractivity contribution in [3.05, 3.63) is 81.5 Å². The number of hydrogen-bond donors (Lipinski definition) is 1. The number of rotatable bonds is 9. The number of hydrogen-bond acceptors (Lipinski definition) is 7. The summed E-state index contributed by atoms with van der Waals surface area (Å²) in [6.45, 7) is 2.98. The minimum absolute atomic E-state index is 0.131. The van der Waals surface area contributed by atoms with E-state index in [2.05, 4.69) is 5.32 Å². The van der Waals surface area contributed by atoms with Crippen LogP contribution in [0.3, 0.4) is 0 Å². The molecule has 0 saturated heterocycles. The number of benzene rings is 1. The fraction of sp³-hybridized carbons (Fsp3) is 0.217. The minimum atomic E-state index is -3.97. The van der Waals surface area contributed by atoms with Gasteiger partial charge in [-0.1, -0.05) is 30.3 Å². The summed E-state index contributed by atoms with van der Waals surface area (Å²) in [7, 11) is -2.71. The number of nitrogens with zero attached hydrogens (tertiary/aromatic N) is 1. The molecule has 1 amide bonds. The van der Waals surface area contributed by atoms with Gasteiger partial charge in [-0.25, -0.2) is 13.2 Å². The van der Waals surface area contributed by atoms with Gasteiger partial charge < -0.3 is 14.5 Å². The van der Waals surface area contributed by atoms with Gasteiger partial charge in [-0.15, -0.1) is 11.3 Å². The van der Waals surface area contributed by atoms with Crippen molar-refractivity contribution < 1.29 is 27.2 Å². The molecule has 10 heteroatoms. The molecule has 2 aromatic heterocycles. The third-order valence-corrected chi connectivity index (χ3v) is 7.43. The predicted molar refractivity (Wildman–Crippen MR) is 127 cm³/mol. The Balaban J connectivity index is 1.84. The SMILES string of the molecule is COC(=O)c1c(NC(=O)CN(Cc2ccco2)S(=O)(=O)/C=C/c2ccccc2)sc(C)c1C. The van der Waals surface area contributed by atoms with Crippen LogP contribution in [0.1, 0.15) is 32.1 Å². The molecule has 1 N–H and O–H groups in total. The van der Waals surface area contributed by atoms with E-state index in [1.54, 1.807) is 43.3 Å². The summed E-state index contributed by atoms with van der Waals surface area (Å²) in [6.07, 6.45) is 2.89. The Morgan fingerprint density at radius 2 is 1.88 bits per heavy atom. The molecule has 3 aromatic rings. The molecule has 0 aliphatic heterocycles. The molecule has 0 aliphatic rings. The van der Waals surface area contributed by atoms with E-state index >= 15 is 0 Å². The van der Waals surface area contributed by atoms with Crippen LogP contribution in [0.5, 0.6) is 0 Å². The summed E-state index contributed by atoms with van der Waals surface area (Å²) >= 11 is 1.23. The molecule has 0 bridgehead atoms. The lowest BCUT2D eigenvalue weighted by molar-refractivity contribution is -0.116. The van der Waals surface area contributed by atoms with Crippen molar-refractivity contribution in [3.63, 3.8) is 0 Å². The Hall–Kier alpha value is -3.21. The number of methoxy groups -OCH3 is 1. The zero-order chi connectivity index (χ0) is 24.0. The van der Waals surface area contributed by atoms with Crippen LogP contribution in [-0.2, 0) is 26.1 Å². The molecule has 174 valence electrons. The van der Waals surface area contributed by atoms with Crippen molar-refractivity contribution in [2.75, 3.05) is 19.0 Å². The predicted octanol–water partition coefficient (Wildman–Crippen LogP) is 4.19. The van der Waals surface area contributed by atoms with Gasteiger partial charge in [0, 0.05) is 10.3 Å². The van der Waals surface area contributed by atoms with Crippen molar-refractivity contribution in [3.8, 4) is 0 Å². The number of carbonyl (C=O) groups excluding carboxylic acids is 2. The molecular formula is C23H24N2O6S2. The molecule has 0 unspecified atom stereocenters. The maximum atomic E-state index is 13.0. The smallest absolute Gasteiger partial charge is 0.341 e. The number of aryl methyl sites for hydroxylation is 1. The summed E-state index contributed by atoms with van der Waals surface area (Å²) in [5, 5.41) is 4.03. The van der Waals surface area contributed by atoms with Gasteiger partial charge in [0.1, 0.15) is 10.8 Å². The monoisotopic (exact) mass is 488 g/mol. The van der Waals surface area contributed by atoms with Crippen LogP contribution in [0.15, 0.2) is 58.6 Å². The summed E-state index contributed by atoms with van der Waals surface area (Å²) < 4.78 is 37.2. The first-order chi connectivity index (χ1) is 15.7. The first-order valence-corrected chi connectivity index (χ1v) is 12.3. The highest BCUT2D eigenvalue weighted by Gasteiger charge is 2.26. The number of nitrogens with one attached hydrogen (secondary N) is 1. The lowest BCUT2D eigenvalue weighted by atomic mass is 10.1. The van der Waals surface area contributed by atoms with Crippen LogP contribution in [0.4, 0.5) is 5.00 Å². The number of thiophene rings is 1. The topological polar surface area (TPSA) is 106 Å². The maximum absolute atomic E-state index is 13.0. The van der Waals surface area contributed by atoms with E-state index in [0.717, 1.165) is 14.6 Å². The van der Waals surface area contributed by atoms with Crippen LogP contribution in [0.2, 0.25) is 0 Å². The fourth-order valence-electron chi connectivity index (χ4n) is 3.02. The third-order valence-electron chi connectivity index (χ3n) is 4.85. The van der Waals surface area contributed by atoms with Crippen molar-refractivity contribution in [1.29, 1.82) is 0 Å². The van der Waals surface area contributed by atoms with Crippen molar-refractivity contribution in [1.82, 2.24) is 4.31 Å². The largest absolute Gasteiger partial charge is 0.468 e. The molecule has 0 spiro atoms. The highest BCUT2D eigenvalue weighted by molar-refractivity contribution is 7.92. The molecule has 2 heterocycles. The van der Waals surface area contributed by atoms with Crippen LogP contribution >= 0.6 is 11.3 Å². The fourth-order valence-corrected chi connectivity index (χ4v) is 5.19. The standard InChI is InChI=1S/C23H24N2O6S2/c1-16-17(2)32-22(21(16)23(27)30-3)24-20(26)15-25(14-19-10-7-12-31-19)33(28,29)13-11-18-8-5-4-6-9-18/h4-13H,14-15H2,1-3H3,(H,24,26)/b13-11+. The van der Waals surface area contributed by atoms with Gasteiger partial charge >= 0.3 is 5.97 Å². The number of furan rings is 1. The van der Waals surface area contributed by atoms with Crippen LogP contribution < -0.4 is 5.32 Å². The second kappa shape index (κ2) is 10.6. The molecule has 0 atom stereocenters.